The Balaban J connectivity index is 3.46. The Morgan fingerprint density at radius 3 is 2.40 bits per heavy atom. The van der Waals surface area contributed by atoms with E-state index in [1.54, 1.807) is 0 Å². The Morgan fingerprint density at radius 2 is 2.10 bits per heavy atom. The Morgan fingerprint density at radius 1 is 1.60 bits per heavy atom. The molecular formula is C3H11N2O3PS. The van der Waals surface area contributed by atoms with Crippen molar-refractivity contribution >= 4 is 18.2 Å². The number of nitrogens with two attached hydrogens (primary N) is 2. The van der Waals surface area contributed by atoms with Gasteiger partial charge in [-0.25, -0.2) is 4.57 Å². The van der Waals surface area contributed by atoms with Gasteiger partial charge in [-0.2, -0.15) is 0 Å². The van der Waals surface area contributed by atoms with Crippen LogP contribution < -0.4 is 11.5 Å². The van der Waals surface area contributed by atoms with Gasteiger partial charge in [-0.3, -0.25) is 0 Å². The third kappa shape index (κ3) is 6.54. The summed E-state index contributed by atoms with van der Waals surface area (Å²) in [5, 5.41) is 0. The molecule has 0 aromatic rings. The van der Waals surface area contributed by atoms with Crippen molar-refractivity contribution in [1.82, 2.24) is 0 Å². The van der Waals surface area contributed by atoms with E-state index in [1.807, 2.05) is 0 Å². The summed E-state index contributed by atoms with van der Waals surface area (Å²) in [6.45, 7) is -3.71. The van der Waals surface area contributed by atoms with Gasteiger partial charge in [0.15, 0.2) is 0 Å². The van der Waals surface area contributed by atoms with Crippen molar-refractivity contribution in [3.05, 3.63) is 0 Å². The van der Waals surface area contributed by atoms with Crippen LogP contribution in [0.3, 0.4) is 0 Å². The van der Waals surface area contributed by atoms with E-state index in [4.69, 9.17) is 21.3 Å². The molecule has 0 aromatic heterocycles. The largest absolute Gasteiger partial charge is 0.384 e. The van der Waals surface area contributed by atoms with E-state index in [0.29, 0.717) is 11.4 Å². The Bertz CT molecular complexity index is 138. The normalized spacial score (nSPS) is 15.2. The first kappa shape index (κ1) is 10.4. The van der Waals surface area contributed by atoms with Crippen LogP contribution in [0.4, 0.5) is 0 Å². The molecule has 0 saturated heterocycles. The summed E-state index contributed by atoms with van der Waals surface area (Å²) in [5.74, 6) is 0.195. The number of hydrogen-bond donors (Lipinski definition) is 4. The van der Waals surface area contributed by atoms with Crippen LogP contribution in [-0.2, 0) is 4.57 Å². The minimum atomic E-state index is -3.95. The highest BCUT2D eigenvalue weighted by atomic mass is 32.7. The Kier molecular flexibility index (Phi) is 4.51. The molecule has 0 aromatic carbocycles. The maximum absolute atomic E-state index is 10.2. The SMILES string of the molecule is NCC(N)CSP(=O)(O)O. The monoisotopic (exact) mass is 186 g/mol. The third-order valence-corrected chi connectivity index (χ3v) is 3.13. The fourth-order valence-corrected chi connectivity index (χ4v) is 1.94. The fraction of sp³-hybridized carbons (Fsp3) is 1.00. The van der Waals surface area contributed by atoms with Crippen LogP contribution in [0.1, 0.15) is 0 Å². The summed E-state index contributed by atoms with van der Waals surface area (Å²) in [6.07, 6.45) is 0. The van der Waals surface area contributed by atoms with Gasteiger partial charge in [-0.1, -0.05) is 0 Å². The summed E-state index contributed by atoms with van der Waals surface area (Å²) in [6, 6.07) is -0.336. The van der Waals surface area contributed by atoms with Gasteiger partial charge in [0.1, 0.15) is 0 Å². The minimum Gasteiger partial charge on any atom is -0.329 e. The average Bonchev–Trinajstić information content (AvgIpc) is 1.81. The Labute approximate surface area is 63.1 Å². The van der Waals surface area contributed by atoms with Crippen molar-refractivity contribution in [2.75, 3.05) is 12.3 Å². The lowest BCUT2D eigenvalue weighted by Crippen LogP contribution is -2.31. The van der Waals surface area contributed by atoms with Crippen LogP contribution in [-0.4, -0.2) is 28.1 Å². The molecule has 0 aliphatic carbocycles. The molecule has 0 spiro atoms. The topological polar surface area (TPSA) is 110 Å². The van der Waals surface area contributed by atoms with E-state index >= 15 is 0 Å². The van der Waals surface area contributed by atoms with Crippen molar-refractivity contribution < 1.29 is 14.4 Å². The molecule has 7 heteroatoms. The molecule has 0 heterocycles. The zero-order valence-corrected chi connectivity index (χ0v) is 7.02. The van der Waals surface area contributed by atoms with Crippen LogP contribution in [0, 0.1) is 0 Å². The van der Waals surface area contributed by atoms with Gasteiger partial charge in [-0.15, -0.1) is 0 Å². The maximum atomic E-state index is 10.2. The van der Waals surface area contributed by atoms with Crippen molar-refractivity contribution in [3.63, 3.8) is 0 Å². The van der Waals surface area contributed by atoms with Crippen LogP contribution in [0.2, 0.25) is 0 Å². The predicted molar refractivity (Wildman–Crippen MR) is 41.5 cm³/mol. The number of rotatable bonds is 4. The first-order valence-corrected chi connectivity index (χ1v) is 5.81. The highest BCUT2D eigenvalue weighted by Gasteiger charge is 2.14. The second-order valence-electron chi connectivity index (χ2n) is 1.78. The van der Waals surface area contributed by atoms with E-state index in [-0.39, 0.29) is 18.3 Å². The molecule has 6 N–H and O–H groups in total. The molecule has 0 amide bonds. The summed E-state index contributed by atoms with van der Waals surface area (Å²) in [5.41, 5.74) is 10.4. The van der Waals surface area contributed by atoms with Crippen molar-refractivity contribution in [3.8, 4) is 0 Å². The first-order valence-electron chi connectivity index (χ1n) is 2.61. The van der Waals surface area contributed by atoms with Crippen molar-refractivity contribution in [2.45, 2.75) is 6.04 Å². The standard InChI is InChI=1S/C3H11N2O3PS/c4-1-3(5)2-10-9(6,7)8/h3H,1-2,4-5H2,(H2,6,7,8). The highest BCUT2D eigenvalue weighted by molar-refractivity contribution is 8.54. The summed E-state index contributed by atoms with van der Waals surface area (Å²) >= 11 is 0.528. The summed E-state index contributed by atoms with van der Waals surface area (Å²) in [4.78, 5) is 16.7. The van der Waals surface area contributed by atoms with Gasteiger partial charge in [0, 0.05) is 18.3 Å². The van der Waals surface area contributed by atoms with Crippen molar-refractivity contribution in [1.29, 1.82) is 0 Å². The third-order valence-electron chi connectivity index (χ3n) is 0.760. The smallest absolute Gasteiger partial charge is 0.329 e. The molecule has 62 valence electrons. The summed E-state index contributed by atoms with van der Waals surface area (Å²) in [7, 11) is 0. The van der Waals surface area contributed by atoms with Crippen LogP contribution in [0.15, 0.2) is 0 Å². The molecule has 0 saturated carbocycles. The van der Waals surface area contributed by atoms with E-state index < -0.39 is 6.80 Å². The van der Waals surface area contributed by atoms with Crippen LogP contribution >= 0.6 is 18.2 Å². The van der Waals surface area contributed by atoms with Crippen LogP contribution in [0.25, 0.3) is 0 Å². The lowest BCUT2D eigenvalue weighted by atomic mass is 10.4. The van der Waals surface area contributed by atoms with E-state index in [1.165, 1.54) is 0 Å². The zero-order valence-electron chi connectivity index (χ0n) is 5.30. The highest BCUT2D eigenvalue weighted by Crippen LogP contribution is 2.49. The molecule has 0 bridgehead atoms. The second kappa shape index (κ2) is 4.33. The molecule has 0 rings (SSSR count). The molecule has 5 nitrogen and oxygen atoms in total. The molecule has 1 unspecified atom stereocenters. The van der Waals surface area contributed by atoms with Crippen molar-refractivity contribution in [2.24, 2.45) is 11.5 Å². The first-order chi connectivity index (χ1) is 4.45. The van der Waals surface area contributed by atoms with Gasteiger partial charge < -0.3 is 21.3 Å². The second-order valence-corrected chi connectivity index (χ2v) is 5.56. The fourth-order valence-electron chi connectivity index (χ4n) is 0.261. The van der Waals surface area contributed by atoms with E-state index in [2.05, 4.69) is 0 Å². The molecule has 0 aliphatic heterocycles. The molecule has 10 heavy (non-hydrogen) atoms. The lowest BCUT2D eigenvalue weighted by Gasteiger charge is -2.07. The van der Waals surface area contributed by atoms with Gasteiger partial charge in [0.25, 0.3) is 0 Å². The average molecular weight is 186 g/mol. The van der Waals surface area contributed by atoms with Crippen LogP contribution in [0.5, 0.6) is 0 Å². The lowest BCUT2D eigenvalue weighted by molar-refractivity contribution is 0.397. The van der Waals surface area contributed by atoms with Gasteiger partial charge in [0.2, 0.25) is 0 Å². The van der Waals surface area contributed by atoms with Gasteiger partial charge in [-0.05, 0) is 11.4 Å². The molecule has 0 aliphatic rings. The number of hydrogen-bond acceptors (Lipinski definition) is 4. The molecule has 0 fully saturated rings. The van der Waals surface area contributed by atoms with E-state index in [0.717, 1.165) is 0 Å². The summed E-state index contributed by atoms with van der Waals surface area (Å²) < 4.78 is 10.2. The molecule has 1 atom stereocenters. The zero-order chi connectivity index (χ0) is 8.20. The predicted octanol–water partition coefficient (Wildman–Crippen LogP) is -0.902. The van der Waals surface area contributed by atoms with Gasteiger partial charge >= 0.3 is 6.80 Å². The maximum Gasteiger partial charge on any atom is 0.384 e. The van der Waals surface area contributed by atoms with Gasteiger partial charge in [0.05, 0.1) is 0 Å². The quantitative estimate of drug-likeness (QED) is 0.423. The Hall–Kier alpha value is 0.420. The van der Waals surface area contributed by atoms with E-state index in [9.17, 15) is 4.57 Å². The molecular weight excluding hydrogens is 175 g/mol. The molecule has 0 radical (unpaired) electrons. The minimum absolute atomic E-state index is 0.195.